The van der Waals surface area contributed by atoms with Crippen LogP contribution in [0.3, 0.4) is 0 Å². The second-order valence-corrected chi connectivity index (χ2v) is 8.46. The average molecular weight is 499 g/mol. The van der Waals surface area contributed by atoms with Gasteiger partial charge in [0.1, 0.15) is 6.61 Å². The maximum atomic E-state index is 12.4. The van der Waals surface area contributed by atoms with Crippen molar-refractivity contribution in [1.29, 1.82) is 5.41 Å². The second kappa shape index (κ2) is 9.07. The van der Waals surface area contributed by atoms with E-state index in [2.05, 4.69) is 32.1 Å². The van der Waals surface area contributed by atoms with Crippen LogP contribution >= 0.6 is 27.7 Å². The lowest BCUT2D eigenvalue weighted by Gasteiger charge is -2.20. The number of hydrogen-bond donors (Lipinski definition) is 1. The molecular formula is C22H19BrN4O3S. The number of nitrogens with one attached hydrogen (secondary N) is 1. The Kier molecular flexibility index (Phi) is 6.24. The number of hydrogen-bond acceptors (Lipinski definition) is 6. The van der Waals surface area contributed by atoms with Crippen LogP contribution in [0.1, 0.15) is 23.6 Å². The summed E-state index contributed by atoms with van der Waals surface area (Å²) in [4.78, 5) is 16.4. The monoisotopic (exact) mass is 498 g/mol. The fourth-order valence-corrected chi connectivity index (χ4v) is 4.32. The maximum absolute atomic E-state index is 12.4. The standard InChI is InChI=1S/C22H19BrN4O3S/c1-3-29-18-10-15(8-16-20(24)27-22(26-21(16)28)31-12-25-27)9-17(23)19(18)30-11-14-6-4-5-13(2)7-14/h4-10,12,24H,3,11H2,1-2H3. The third kappa shape index (κ3) is 4.57. The van der Waals surface area contributed by atoms with Gasteiger partial charge in [0.2, 0.25) is 0 Å². The molecule has 158 valence electrons. The molecule has 0 atom stereocenters. The molecule has 0 saturated carbocycles. The number of ether oxygens (including phenoxy) is 2. The molecule has 0 saturated heterocycles. The lowest BCUT2D eigenvalue weighted by Crippen LogP contribution is -2.35. The van der Waals surface area contributed by atoms with Crippen molar-refractivity contribution >= 4 is 56.2 Å². The van der Waals surface area contributed by atoms with Crippen molar-refractivity contribution in [3.63, 3.8) is 0 Å². The minimum Gasteiger partial charge on any atom is -0.490 e. The van der Waals surface area contributed by atoms with E-state index in [1.165, 1.54) is 22.3 Å². The molecule has 2 heterocycles. The van der Waals surface area contributed by atoms with Gasteiger partial charge in [-0.1, -0.05) is 29.8 Å². The van der Waals surface area contributed by atoms with Crippen LogP contribution in [0, 0.1) is 12.3 Å². The second-order valence-electron chi connectivity index (χ2n) is 6.80. The van der Waals surface area contributed by atoms with Crippen molar-refractivity contribution in [3.05, 3.63) is 63.1 Å². The van der Waals surface area contributed by atoms with Gasteiger partial charge in [0.15, 0.2) is 22.5 Å². The molecular weight excluding hydrogens is 480 g/mol. The molecule has 2 aromatic carbocycles. The number of aliphatic imine (C=N–C) groups is 1. The van der Waals surface area contributed by atoms with Crippen LogP contribution in [0.5, 0.6) is 11.5 Å². The summed E-state index contributed by atoms with van der Waals surface area (Å²) in [5.41, 5.74) is 4.61. The van der Waals surface area contributed by atoms with Crippen LogP contribution in [-0.4, -0.2) is 34.1 Å². The number of carbonyl (C=O) groups excluding carboxylic acids is 1. The number of fused-ring (bicyclic) bond motifs is 1. The lowest BCUT2D eigenvalue weighted by atomic mass is 10.1. The summed E-state index contributed by atoms with van der Waals surface area (Å²) in [5.74, 6) is 0.648. The fourth-order valence-electron chi connectivity index (χ4n) is 3.14. The molecule has 0 aliphatic carbocycles. The topological polar surface area (TPSA) is 87.3 Å². The highest BCUT2D eigenvalue weighted by molar-refractivity contribution is 9.10. The highest BCUT2D eigenvalue weighted by Crippen LogP contribution is 2.38. The van der Waals surface area contributed by atoms with Crippen molar-refractivity contribution < 1.29 is 14.3 Å². The van der Waals surface area contributed by atoms with E-state index in [0.29, 0.717) is 39.9 Å². The smallest absolute Gasteiger partial charge is 0.283 e. The number of benzene rings is 2. The number of amidine groups is 2. The van der Waals surface area contributed by atoms with Crippen LogP contribution < -0.4 is 9.47 Å². The molecule has 1 N–H and O–H groups in total. The Balaban J connectivity index is 1.64. The quantitative estimate of drug-likeness (QED) is 0.567. The third-order valence-electron chi connectivity index (χ3n) is 4.50. The van der Waals surface area contributed by atoms with Crippen LogP contribution in [0.2, 0.25) is 0 Å². The number of thioether (sulfide) groups is 1. The largest absolute Gasteiger partial charge is 0.490 e. The van der Waals surface area contributed by atoms with Crippen molar-refractivity contribution in [2.24, 2.45) is 10.1 Å². The predicted molar refractivity (Wildman–Crippen MR) is 127 cm³/mol. The van der Waals surface area contributed by atoms with Gasteiger partial charge >= 0.3 is 0 Å². The summed E-state index contributed by atoms with van der Waals surface area (Å²) in [5, 5.41) is 14.1. The summed E-state index contributed by atoms with van der Waals surface area (Å²) in [6.07, 6.45) is 1.61. The Bertz CT molecular complexity index is 1160. The van der Waals surface area contributed by atoms with Gasteiger partial charge in [0.05, 0.1) is 22.2 Å². The van der Waals surface area contributed by atoms with Gasteiger partial charge in [-0.15, -0.1) is 0 Å². The van der Waals surface area contributed by atoms with Crippen LogP contribution in [0.4, 0.5) is 0 Å². The molecule has 2 aliphatic rings. The molecule has 1 amide bonds. The minimum atomic E-state index is -0.469. The normalized spacial score (nSPS) is 16.5. The van der Waals surface area contributed by atoms with Gasteiger partial charge in [-0.05, 0) is 70.9 Å². The molecule has 2 aliphatic heterocycles. The lowest BCUT2D eigenvalue weighted by molar-refractivity contribution is -0.114. The molecule has 0 radical (unpaired) electrons. The van der Waals surface area contributed by atoms with Crippen molar-refractivity contribution in [2.75, 3.05) is 6.61 Å². The van der Waals surface area contributed by atoms with Crippen LogP contribution in [-0.2, 0) is 11.4 Å². The van der Waals surface area contributed by atoms with Gasteiger partial charge in [0.25, 0.3) is 5.91 Å². The first-order valence-corrected chi connectivity index (χ1v) is 11.2. The van der Waals surface area contributed by atoms with E-state index in [1.54, 1.807) is 17.7 Å². The van der Waals surface area contributed by atoms with Crippen molar-refractivity contribution in [2.45, 2.75) is 20.5 Å². The van der Waals surface area contributed by atoms with E-state index in [4.69, 9.17) is 14.9 Å². The molecule has 2 aromatic rings. The van der Waals surface area contributed by atoms with E-state index in [1.807, 2.05) is 38.1 Å². The summed E-state index contributed by atoms with van der Waals surface area (Å²) in [6.45, 7) is 4.78. The predicted octanol–water partition coefficient (Wildman–Crippen LogP) is 4.98. The molecule has 7 nitrogen and oxygen atoms in total. The van der Waals surface area contributed by atoms with Crippen molar-refractivity contribution in [3.8, 4) is 11.5 Å². The zero-order valence-electron chi connectivity index (χ0n) is 16.9. The van der Waals surface area contributed by atoms with E-state index in [0.717, 1.165) is 5.56 Å². The number of amides is 1. The zero-order valence-corrected chi connectivity index (χ0v) is 19.3. The fraction of sp³-hybridized carbons (Fsp3) is 0.182. The van der Waals surface area contributed by atoms with Crippen molar-refractivity contribution in [1.82, 2.24) is 5.01 Å². The first kappa shape index (κ1) is 21.3. The Morgan fingerprint density at radius 1 is 1.26 bits per heavy atom. The highest BCUT2D eigenvalue weighted by atomic mass is 79.9. The zero-order chi connectivity index (χ0) is 22.0. The number of hydrazone groups is 1. The minimum absolute atomic E-state index is 0.00916. The Morgan fingerprint density at radius 3 is 2.87 bits per heavy atom. The van der Waals surface area contributed by atoms with Gasteiger partial charge < -0.3 is 9.47 Å². The van der Waals surface area contributed by atoms with Gasteiger partial charge in [-0.25, -0.2) is 0 Å². The van der Waals surface area contributed by atoms with Crippen LogP contribution in [0.25, 0.3) is 6.08 Å². The first-order valence-electron chi connectivity index (χ1n) is 9.54. The molecule has 0 bridgehead atoms. The Labute approximate surface area is 192 Å². The molecule has 9 heteroatoms. The summed E-state index contributed by atoms with van der Waals surface area (Å²) in [6, 6.07) is 11.7. The highest BCUT2D eigenvalue weighted by Gasteiger charge is 2.32. The SMILES string of the molecule is CCOc1cc(C=C2C(=N)N3N=CSC3=NC2=O)cc(Br)c1OCc1cccc(C)c1. The van der Waals surface area contributed by atoms with E-state index >= 15 is 0 Å². The number of rotatable bonds is 6. The van der Waals surface area contributed by atoms with Gasteiger partial charge in [-0.2, -0.15) is 15.1 Å². The summed E-state index contributed by atoms with van der Waals surface area (Å²) in [7, 11) is 0. The van der Waals surface area contributed by atoms with Gasteiger partial charge in [0, 0.05) is 0 Å². The third-order valence-corrected chi connectivity index (χ3v) is 5.77. The Hall–Kier alpha value is -2.91. The molecule has 0 aromatic heterocycles. The van der Waals surface area contributed by atoms with E-state index in [9.17, 15) is 4.79 Å². The molecule has 4 rings (SSSR count). The molecule has 31 heavy (non-hydrogen) atoms. The molecule has 0 spiro atoms. The van der Waals surface area contributed by atoms with E-state index in [-0.39, 0.29) is 11.4 Å². The summed E-state index contributed by atoms with van der Waals surface area (Å²) >= 11 is 4.77. The van der Waals surface area contributed by atoms with Gasteiger partial charge in [-0.3, -0.25) is 10.2 Å². The maximum Gasteiger partial charge on any atom is 0.283 e. The number of halogens is 1. The molecule has 0 fully saturated rings. The first-order chi connectivity index (χ1) is 15.0. The van der Waals surface area contributed by atoms with Crippen LogP contribution in [0.15, 0.2) is 56.5 Å². The number of carbonyl (C=O) groups is 1. The number of aryl methyl sites for hydroxylation is 1. The summed E-state index contributed by atoms with van der Waals surface area (Å²) < 4.78 is 12.5. The van der Waals surface area contributed by atoms with E-state index < -0.39 is 5.91 Å². The number of nitrogens with zero attached hydrogens (tertiary/aromatic N) is 3. The Morgan fingerprint density at radius 2 is 2.10 bits per heavy atom. The average Bonchev–Trinajstić information content (AvgIpc) is 3.19. The molecule has 0 unspecified atom stereocenters.